The standard InChI is InChI=1S/C4H5ClO3/c1-3(6)2-8-4(5)7/h6H,1-2H2. The Morgan fingerprint density at radius 3 is 2.50 bits per heavy atom. The minimum atomic E-state index is -0.944. The summed E-state index contributed by atoms with van der Waals surface area (Å²) in [6, 6.07) is 0. The van der Waals surface area contributed by atoms with Crippen molar-refractivity contribution in [3.05, 3.63) is 12.3 Å². The lowest BCUT2D eigenvalue weighted by atomic mass is 10.6. The number of ether oxygens (including phenoxy) is 1. The van der Waals surface area contributed by atoms with Gasteiger partial charge in [0, 0.05) is 11.6 Å². The van der Waals surface area contributed by atoms with Gasteiger partial charge in [0.15, 0.2) is 0 Å². The predicted molar refractivity (Wildman–Crippen MR) is 29.0 cm³/mol. The number of hydrogen-bond acceptors (Lipinski definition) is 3. The molecule has 0 aromatic rings. The third-order valence-corrected chi connectivity index (χ3v) is 0.461. The van der Waals surface area contributed by atoms with Crippen LogP contribution in [0.2, 0.25) is 0 Å². The smallest absolute Gasteiger partial charge is 0.404 e. The van der Waals surface area contributed by atoms with Gasteiger partial charge in [-0.3, -0.25) is 0 Å². The normalized spacial score (nSPS) is 8.12. The van der Waals surface area contributed by atoms with E-state index in [1.807, 2.05) is 0 Å². The summed E-state index contributed by atoms with van der Waals surface area (Å²) in [6.07, 6.45) is 0. The molecule has 46 valence electrons. The Bertz CT molecular complexity index is 95.9. The molecule has 3 nitrogen and oxygen atoms in total. The molecule has 0 amide bonds. The van der Waals surface area contributed by atoms with E-state index in [1.165, 1.54) is 0 Å². The zero-order chi connectivity index (χ0) is 6.57. The van der Waals surface area contributed by atoms with E-state index in [-0.39, 0.29) is 12.4 Å². The van der Waals surface area contributed by atoms with E-state index in [1.54, 1.807) is 0 Å². The van der Waals surface area contributed by atoms with Gasteiger partial charge < -0.3 is 9.84 Å². The minimum Gasteiger partial charge on any atom is -0.509 e. The Morgan fingerprint density at radius 2 is 2.38 bits per heavy atom. The molecule has 0 unspecified atom stereocenters. The summed E-state index contributed by atoms with van der Waals surface area (Å²) in [5.41, 5.74) is -0.944. The molecular weight excluding hydrogens is 131 g/mol. The Labute approximate surface area is 51.5 Å². The molecule has 0 saturated carbocycles. The molecule has 0 aliphatic carbocycles. The maximum Gasteiger partial charge on any atom is 0.404 e. The molecule has 0 aromatic heterocycles. The monoisotopic (exact) mass is 136 g/mol. The highest BCUT2D eigenvalue weighted by Gasteiger charge is 1.94. The summed E-state index contributed by atoms with van der Waals surface area (Å²) in [7, 11) is 0. The molecule has 0 atom stereocenters. The molecule has 0 bridgehead atoms. The maximum atomic E-state index is 9.74. The van der Waals surface area contributed by atoms with Crippen LogP contribution in [0.3, 0.4) is 0 Å². The van der Waals surface area contributed by atoms with E-state index in [9.17, 15) is 4.79 Å². The first-order valence-electron chi connectivity index (χ1n) is 1.82. The summed E-state index contributed by atoms with van der Waals surface area (Å²) >= 11 is 4.71. The van der Waals surface area contributed by atoms with E-state index in [4.69, 9.17) is 16.7 Å². The second-order valence-corrected chi connectivity index (χ2v) is 1.40. The van der Waals surface area contributed by atoms with Gasteiger partial charge in [-0.1, -0.05) is 6.58 Å². The Kier molecular flexibility index (Phi) is 3.03. The van der Waals surface area contributed by atoms with Crippen molar-refractivity contribution >= 4 is 17.0 Å². The van der Waals surface area contributed by atoms with Crippen molar-refractivity contribution < 1.29 is 14.6 Å². The molecule has 0 spiro atoms. The van der Waals surface area contributed by atoms with Crippen LogP contribution in [-0.4, -0.2) is 17.1 Å². The molecule has 0 fully saturated rings. The fraction of sp³-hybridized carbons (Fsp3) is 0.250. The van der Waals surface area contributed by atoms with Crippen molar-refractivity contribution in [2.45, 2.75) is 0 Å². The van der Waals surface area contributed by atoms with Crippen LogP contribution in [0.15, 0.2) is 12.3 Å². The van der Waals surface area contributed by atoms with Gasteiger partial charge in [-0.2, -0.15) is 0 Å². The summed E-state index contributed by atoms with van der Waals surface area (Å²) in [5.74, 6) is -0.223. The zero-order valence-electron chi connectivity index (χ0n) is 4.06. The van der Waals surface area contributed by atoms with E-state index in [0.717, 1.165) is 0 Å². The van der Waals surface area contributed by atoms with E-state index >= 15 is 0 Å². The van der Waals surface area contributed by atoms with Gasteiger partial charge in [0.2, 0.25) is 0 Å². The summed E-state index contributed by atoms with van der Waals surface area (Å²) in [4.78, 5) is 9.74. The number of rotatable bonds is 2. The quantitative estimate of drug-likeness (QED) is 0.462. The molecule has 0 aliphatic rings. The molecule has 0 aromatic carbocycles. The van der Waals surface area contributed by atoms with Crippen molar-refractivity contribution in [1.82, 2.24) is 0 Å². The number of halogens is 1. The van der Waals surface area contributed by atoms with Gasteiger partial charge in [0.05, 0.1) is 0 Å². The molecule has 8 heavy (non-hydrogen) atoms. The van der Waals surface area contributed by atoms with Crippen molar-refractivity contribution in [1.29, 1.82) is 0 Å². The van der Waals surface area contributed by atoms with Crippen molar-refractivity contribution in [3.8, 4) is 0 Å². The SMILES string of the molecule is C=C(O)COC(=O)Cl. The Morgan fingerprint density at radius 1 is 1.88 bits per heavy atom. The first kappa shape index (κ1) is 7.30. The number of carbonyl (C=O) groups is 1. The highest BCUT2D eigenvalue weighted by atomic mass is 35.5. The average molecular weight is 137 g/mol. The van der Waals surface area contributed by atoms with Gasteiger partial charge in [-0.05, 0) is 0 Å². The lowest BCUT2D eigenvalue weighted by Crippen LogP contribution is -1.97. The molecule has 0 rings (SSSR count). The fourth-order valence-electron chi connectivity index (χ4n) is 0.140. The molecule has 0 heterocycles. The third-order valence-electron chi connectivity index (χ3n) is 0.352. The first-order valence-corrected chi connectivity index (χ1v) is 2.19. The highest BCUT2D eigenvalue weighted by molar-refractivity contribution is 6.61. The molecule has 0 aliphatic heterocycles. The highest BCUT2D eigenvalue weighted by Crippen LogP contribution is 1.89. The van der Waals surface area contributed by atoms with E-state index < -0.39 is 5.43 Å². The second kappa shape index (κ2) is 3.32. The van der Waals surface area contributed by atoms with Gasteiger partial charge in [0.25, 0.3) is 0 Å². The summed E-state index contributed by atoms with van der Waals surface area (Å²) < 4.78 is 4.08. The van der Waals surface area contributed by atoms with Gasteiger partial charge in [-0.25, -0.2) is 4.79 Å². The number of aliphatic hydroxyl groups is 1. The largest absolute Gasteiger partial charge is 0.509 e. The molecule has 1 N–H and O–H groups in total. The van der Waals surface area contributed by atoms with Crippen LogP contribution in [-0.2, 0) is 4.74 Å². The number of hydrogen-bond donors (Lipinski definition) is 1. The third kappa shape index (κ3) is 5.30. The van der Waals surface area contributed by atoms with Crippen molar-refractivity contribution in [3.63, 3.8) is 0 Å². The maximum absolute atomic E-state index is 9.74. The Balaban J connectivity index is 3.18. The molecule has 0 radical (unpaired) electrons. The van der Waals surface area contributed by atoms with Gasteiger partial charge >= 0.3 is 5.43 Å². The van der Waals surface area contributed by atoms with Crippen LogP contribution in [0, 0.1) is 0 Å². The van der Waals surface area contributed by atoms with Gasteiger partial charge in [-0.15, -0.1) is 0 Å². The lowest BCUT2D eigenvalue weighted by molar-refractivity contribution is 0.168. The van der Waals surface area contributed by atoms with Crippen LogP contribution in [0.25, 0.3) is 0 Å². The number of aliphatic hydroxyl groups excluding tert-OH is 1. The van der Waals surface area contributed by atoms with Crippen LogP contribution >= 0.6 is 11.6 Å². The molecule has 4 heteroatoms. The van der Waals surface area contributed by atoms with Crippen LogP contribution in [0.4, 0.5) is 4.79 Å². The predicted octanol–water partition coefficient (Wildman–Crippen LogP) is 1.43. The second-order valence-electron chi connectivity index (χ2n) is 1.09. The van der Waals surface area contributed by atoms with Crippen LogP contribution < -0.4 is 0 Å². The van der Waals surface area contributed by atoms with Gasteiger partial charge in [0.1, 0.15) is 12.4 Å². The molecule has 0 saturated heterocycles. The van der Waals surface area contributed by atoms with Crippen LogP contribution in [0.5, 0.6) is 0 Å². The van der Waals surface area contributed by atoms with Crippen LogP contribution in [0.1, 0.15) is 0 Å². The fourth-order valence-corrected chi connectivity index (χ4v) is 0.195. The first-order chi connectivity index (χ1) is 3.63. The number of carbonyl (C=O) groups excluding carboxylic acids is 1. The van der Waals surface area contributed by atoms with Crippen molar-refractivity contribution in [2.24, 2.45) is 0 Å². The van der Waals surface area contributed by atoms with Crippen molar-refractivity contribution in [2.75, 3.05) is 6.61 Å². The Hall–Kier alpha value is -0.700. The topological polar surface area (TPSA) is 46.5 Å². The van der Waals surface area contributed by atoms with E-state index in [0.29, 0.717) is 0 Å². The minimum absolute atomic E-state index is 0.223. The van der Waals surface area contributed by atoms with E-state index in [2.05, 4.69) is 11.3 Å². The average Bonchev–Trinajstić information content (AvgIpc) is 1.61. The summed E-state index contributed by atoms with van der Waals surface area (Å²) in [5, 5.41) is 8.27. The molecular formula is C4H5ClO3. The summed E-state index contributed by atoms with van der Waals surface area (Å²) in [6.45, 7) is 2.81. The lowest BCUT2D eigenvalue weighted by Gasteiger charge is -1.94. The zero-order valence-corrected chi connectivity index (χ0v) is 4.81.